The van der Waals surface area contributed by atoms with Crippen LogP contribution in [0.4, 0.5) is 0 Å². The van der Waals surface area contributed by atoms with Gasteiger partial charge in [-0.1, -0.05) is 13.8 Å². The molecule has 0 aromatic heterocycles. The van der Waals surface area contributed by atoms with Gasteiger partial charge in [0.2, 0.25) is 0 Å². The van der Waals surface area contributed by atoms with Gasteiger partial charge >= 0.3 is 0 Å². The minimum absolute atomic E-state index is 0.0600. The summed E-state index contributed by atoms with van der Waals surface area (Å²) < 4.78 is 16.9. The lowest BCUT2D eigenvalue weighted by Crippen LogP contribution is -2.64. The van der Waals surface area contributed by atoms with Crippen LogP contribution in [-0.2, 0) is 14.2 Å². The van der Waals surface area contributed by atoms with E-state index in [1.807, 2.05) is 0 Å². The van der Waals surface area contributed by atoms with Gasteiger partial charge in [0.05, 0.1) is 24.4 Å². The highest BCUT2D eigenvalue weighted by Crippen LogP contribution is 2.67. The molecule has 4 fully saturated rings. The summed E-state index contributed by atoms with van der Waals surface area (Å²) in [6.45, 7) is 5.83. The van der Waals surface area contributed by atoms with E-state index in [-0.39, 0.29) is 11.0 Å². The third-order valence-electron chi connectivity index (χ3n) is 7.04. The zero-order chi connectivity index (χ0) is 16.6. The molecule has 4 heteroatoms. The van der Waals surface area contributed by atoms with Gasteiger partial charge in [-0.25, -0.2) is 0 Å². The average molecular weight is 326 g/mol. The molecule has 1 N–H and O–H groups in total. The monoisotopic (exact) mass is 326 g/mol. The molecule has 23 heavy (non-hydrogen) atoms. The molecule has 0 heterocycles. The predicted molar refractivity (Wildman–Crippen MR) is 89.2 cm³/mol. The minimum Gasteiger partial charge on any atom is -0.389 e. The Morgan fingerprint density at radius 1 is 1.04 bits per heavy atom. The molecule has 2 atom stereocenters. The first-order valence-corrected chi connectivity index (χ1v) is 9.43. The highest BCUT2D eigenvalue weighted by atomic mass is 16.7. The summed E-state index contributed by atoms with van der Waals surface area (Å²) in [5, 5.41) is 11.3. The fourth-order valence-electron chi connectivity index (χ4n) is 6.26. The van der Waals surface area contributed by atoms with Crippen LogP contribution in [0.1, 0.15) is 65.2 Å². The Hall–Kier alpha value is -0.160. The van der Waals surface area contributed by atoms with Gasteiger partial charge in [0, 0.05) is 12.5 Å². The van der Waals surface area contributed by atoms with Crippen molar-refractivity contribution >= 4 is 0 Å². The largest absolute Gasteiger partial charge is 0.389 e. The highest BCUT2D eigenvalue weighted by molar-refractivity contribution is 5.14. The molecule has 0 spiro atoms. The van der Waals surface area contributed by atoms with E-state index >= 15 is 0 Å². The van der Waals surface area contributed by atoms with Crippen LogP contribution >= 0.6 is 0 Å². The van der Waals surface area contributed by atoms with Gasteiger partial charge in [0.15, 0.2) is 0 Å². The molecule has 4 rings (SSSR count). The van der Waals surface area contributed by atoms with E-state index in [0.29, 0.717) is 20.0 Å². The van der Waals surface area contributed by atoms with Gasteiger partial charge in [-0.05, 0) is 63.2 Å². The van der Waals surface area contributed by atoms with Crippen molar-refractivity contribution in [1.82, 2.24) is 0 Å². The molecule has 0 saturated heterocycles. The molecule has 0 amide bonds. The lowest BCUT2D eigenvalue weighted by atomic mass is 9.43. The van der Waals surface area contributed by atoms with Gasteiger partial charge in [-0.2, -0.15) is 0 Å². The summed E-state index contributed by atoms with van der Waals surface area (Å²) >= 11 is 0. The summed E-state index contributed by atoms with van der Waals surface area (Å²) in [5.41, 5.74) is -0.529. The van der Waals surface area contributed by atoms with E-state index in [9.17, 15) is 5.11 Å². The standard InChI is InChI=1S/C19H34O4/c1-4-19(20,5-2)17-9-15-8-16(10-17)12-18(11-15,13-17)23-14-22-7-6-21-3/h15-16,20H,4-14H2,1-3H3. The third kappa shape index (κ3) is 3.08. The van der Waals surface area contributed by atoms with Crippen LogP contribution in [0.3, 0.4) is 0 Å². The van der Waals surface area contributed by atoms with E-state index in [2.05, 4.69) is 13.8 Å². The van der Waals surface area contributed by atoms with Crippen LogP contribution in [0.5, 0.6) is 0 Å². The van der Waals surface area contributed by atoms with Gasteiger partial charge in [0.25, 0.3) is 0 Å². The molecular weight excluding hydrogens is 292 g/mol. The maximum atomic E-state index is 11.3. The number of hydrogen-bond donors (Lipinski definition) is 1. The Morgan fingerprint density at radius 2 is 1.70 bits per heavy atom. The lowest BCUT2D eigenvalue weighted by molar-refractivity contribution is -0.266. The fraction of sp³-hybridized carbons (Fsp3) is 1.00. The number of aliphatic hydroxyl groups is 1. The second kappa shape index (κ2) is 6.62. The Balaban J connectivity index is 1.71. The van der Waals surface area contributed by atoms with Crippen molar-refractivity contribution in [3.63, 3.8) is 0 Å². The van der Waals surface area contributed by atoms with Crippen LogP contribution < -0.4 is 0 Å². The van der Waals surface area contributed by atoms with Gasteiger partial charge in [-0.3, -0.25) is 0 Å². The van der Waals surface area contributed by atoms with Crippen molar-refractivity contribution in [2.45, 2.75) is 76.4 Å². The first-order chi connectivity index (χ1) is 11.0. The molecular formula is C19H34O4. The minimum atomic E-state index is -0.531. The first kappa shape index (κ1) is 17.7. The van der Waals surface area contributed by atoms with E-state index in [0.717, 1.165) is 43.9 Å². The first-order valence-electron chi connectivity index (χ1n) is 9.43. The molecule has 4 saturated carbocycles. The maximum Gasteiger partial charge on any atom is 0.147 e. The lowest BCUT2D eigenvalue weighted by Gasteiger charge is -2.65. The van der Waals surface area contributed by atoms with Crippen molar-refractivity contribution in [2.75, 3.05) is 27.1 Å². The molecule has 4 aliphatic carbocycles. The molecule has 4 nitrogen and oxygen atoms in total. The van der Waals surface area contributed by atoms with Crippen molar-refractivity contribution < 1.29 is 19.3 Å². The summed E-state index contributed by atoms with van der Waals surface area (Å²) in [4.78, 5) is 0. The van der Waals surface area contributed by atoms with E-state index in [1.54, 1.807) is 7.11 Å². The molecule has 0 aromatic carbocycles. The van der Waals surface area contributed by atoms with E-state index in [1.165, 1.54) is 19.3 Å². The van der Waals surface area contributed by atoms with Gasteiger partial charge in [-0.15, -0.1) is 0 Å². The summed E-state index contributed by atoms with van der Waals surface area (Å²) in [6, 6.07) is 0. The fourth-order valence-corrected chi connectivity index (χ4v) is 6.26. The molecule has 4 aliphatic rings. The second-order valence-electron chi connectivity index (χ2n) is 8.33. The molecule has 2 unspecified atom stereocenters. The number of rotatable bonds is 9. The van der Waals surface area contributed by atoms with Crippen molar-refractivity contribution in [2.24, 2.45) is 17.3 Å². The molecule has 0 aliphatic heterocycles. The topological polar surface area (TPSA) is 47.9 Å². The number of hydrogen-bond acceptors (Lipinski definition) is 4. The van der Waals surface area contributed by atoms with Gasteiger partial charge in [0.1, 0.15) is 6.79 Å². The Labute approximate surface area is 140 Å². The summed E-state index contributed by atoms with van der Waals surface area (Å²) in [5.74, 6) is 1.44. The van der Waals surface area contributed by atoms with Gasteiger partial charge < -0.3 is 19.3 Å². The third-order valence-corrected chi connectivity index (χ3v) is 7.04. The van der Waals surface area contributed by atoms with Crippen molar-refractivity contribution in [3.8, 4) is 0 Å². The van der Waals surface area contributed by atoms with E-state index in [4.69, 9.17) is 14.2 Å². The van der Waals surface area contributed by atoms with Crippen LogP contribution in [-0.4, -0.2) is 43.4 Å². The summed E-state index contributed by atoms with van der Waals surface area (Å²) in [7, 11) is 1.68. The Kier molecular flexibility index (Phi) is 5.09. The predicted octanol–water partition coefficient (Wildman–Crippen LogP) is 3.51. The second-order valence-corrected chi connectivity index (χ2v) is 8.33. The Bertz CT molecular complexity index is 390. The highest BCUT2D eigenvalue weighted by Gasteiger charge is 2.64. The molecule has 0 aromatic rings. The van der Waals surface area contributed by atoms with Crippen molar-refractivity contribution in [3.05, 3.63) is 0 Å². The molecule has 0 radical (unpaired) electrons. The van der Waals surface area contributed by atoms with Crippen LogP contribution in [0.25, 0.3) is 0 Å². The zero-order valence-corrected chi connectivity index (χ0v) is 15.1. The van der Waals surface area contributed by atoms with Crippen LogP contribution in [0.2, 0.25) is 0 Å². The number of ether oxygens (including phenoxy) is 3. The SMILES string of the molecule is CCC(O)(CC)C12CC3CC(CC(OCOCCOC)(C3)C1)C2. The molecule has 4 bridgehead atoms. The van der Waals surface area contributed by atoms with E-state index < -0.39 is 5.60 Å². The molecule has 134 valence electrons. The maximum absolute atomic E-state index is 11.3. The zero-order valence-electron chi connectivity index (χ0n) is 15.1. The quantitative estimate of drug-likeness (QED) is 0.520. The smallest absolute Gasteiger partial charge is 0.147 e. The van der Waals surface area contributed by atoms with Crippen LogP contribution in [0, 0.1) is 17.3 Å². The Morgan fingerprint density at radius 3 is 2.26 bits per heavy atom. The summed E-state index contributed by atoms with van der Waals surface area (Å²) in [6.07, 6.45) is 8.74. The average Bonchev–Trinajstić information content (AvgIpc) is 2.52. The van der Waals surface area contributed by atoms with Crippen LogP contribution in [0.15, 0.2) is 0 Å². The normalized spacial score (nSPS) is 39.1. The van der Waals surface area contributed by atoms with Crippen molar-refractivity contribution in [1.29, 1.82) is 0 Å². The number of methoxy groups -OCH3 is 1.